The first-order valence-corrected chi connectivity index (χ1v) is 9.75. The van der Waals surface area contributed by atoms with Crippen molar-refractivity contribution in [2.75, 3.05) is 0 Å². The van der Waals surface area contributed by atoms with Crippen LogP contribution >= 0.6 is 11.3 Å². The number of nitrogens with zero attached hydrogens (tertiary/aromatic N) is 2. The van der Waals surface area contributed by atoms with E-state index < -0.39 is 11.1 Å². The first-order chi connectivity index (χ1) is 14.0. The van der Waals surface area contributed by atoms with Gasteiger partial charge in [0.2, 0.25) is 0 Å². The van der Waals surface area contributed by atoms with Gasteiger partial charge in [-0.05, 0) is 30.3 Å². The largest absolute Gasteiger partial charge is 0.426 e. The molecule has 3 aromatic rings. The number of thiophene rings is 1. The molecule has 5 rings (SSSR count). The van der Waals surface area contributed by atoms with E-state index in [1.54, 1.807) is 30.3 Å². The third-order valence-corrected chi connectivity index (χ3v) is 6.05. The summed E-state index contributed by atoms with van der Waals surface area (Å²) in [4.78, 5) is 3.99. The van der Waals surface area contributed by atoms with Gasteiger partial charge in [-0.1, -0.05) is 47.6 Å². The second-order valence-corrected chi connectivity index (χ2v) is 7.82. The molecule has 3 heterocycles. The summed E-state index contributed by atoms with van der Waals surface area (Å²) in [6.07, 6.45) is 4.06. The minimum absolute atomic E-state index is 0.0912. The maximum Gasteiger partial charge on any atom is 0.426 e. The number of benzene rings is 1. The van der Waals surface area contributed by atoms with Gasteiger partial charge in [0.05, 0.1) is 4.88 Å². The van der Waals surface area contributed by atoms with Crippen LogP contribution in [0.1, 0.15) is 17.1 Å². The van der Waals surface area contributed by atoms with Crippen molar-refractivity contribution in [2.24, 2.45) is 5.92 Å². The molecular weight excluding hydrogens is 399 g/mol. The van der Waals surface area contributed by atoms with E-state index in [9.17, 15) is 13.2 Å². The highest BCUT2D eigenvalue weighted by molar-refractivity contribution is 7.16. The number of alkyl halides is 3. The van der Waals surface area contributed by atoms with Crippen LogP contribution in [0, 0.1) is 5.92 Å². The molecule has 0 spiro atoms. The summed E-state index contributed by atoms with van der Waals surface area (Å²) < 4.78 is 46.1. The van der Waals surface area contributed by atoms with Gasteiger partial charge in [-0.25, -0.2) is 0 Å². The summed E-state index contributed by atoms with van der Waals surface area (Å²) in [6, 6.07) is 9.96. The van der Waals surface area contributed by atoms with Crippen LogP contribution in [0.4, 0.5) is 13.2 Å². The SMILES string of the molecule is FC(F)(F)c1sc(-c2nc(C3=CC=C4NC=CC4C3)no2)cc1-c1ccccc1. The molecule has 0 saturated heterocycles. The number of halogens is 3. The summed E-state index contributed by atoms with van der Waals surface area (Å²) in [5, 5.41) is 7.17. The second-order valence-electron chi connectivity index (χ2n) is 6.77. The fraction of sp³-hybridized carbons (Fsp3) is 0.143. The van der Waals surface area contributed by atoms with Crippen LogP contribution < -0.4 is 5.32 Å². The molecule has 2 aliphatic rings. The van der Waals surface area contributed by atoms with Crippen LogP contribution in [0.25, 0.3) is 27.5 Å². The smallest absolute Gasteiger partial charge is 0.365 e. The van der Waals surface area contributed by atoms with Crippen molar-refractivity contribution in [3.05, 3.63) is 77.2 Å². The lowest BCUT2D eigenvalue weighted by molar-refractivity contribution is -0.133. The van der Waals surface area contributed by atoms with E-state index in [1.807, 2.05) is 18.4 Å². The molecule has 0 bridgehead atoms. The molecule has 2 aromatic heterocycles. The lowest BCUT2D eigenvalue weighted by atomic mass is 9.92. The second kappa shape index (κ2) is 6.73. The Hall–Kier alpha value is -3.13. The first-order valence-electron chi connectivity index (χ1n) is 8.94. The van der Waals surface area contributed by atoms with Gasteiger partial charge >= 0.3 is 6.18 Å². The normalized spacial score (nSPS) is 18.2. The lowest BCUT2D eigenvalue weighted by Crippen LogP contribution is -2.10. The molecule has 0 radical (unpaired) electrons. The zero-order chi connectivity index (χ0) is 20.0. The number of allylic oxidation sites excluding steroid dienone is 4. The van der Waals surface area contributed by atoms with Gasteiger partial charge in [-0.15, -0.1) is 11.3 Å². The molecule has 1 aromatic carbocycles. The van der Waals surface area contributed by atoms with Gasteiger partial charge in [-0.2, -0.15) is 18.2 Å². The molecule has 1 atom stereocenters. The summed E-state index contributed by atoms with van der Waals surface area (Å²) in [7, 11) is 0. The summed E-state index contributed by atoms with van der Waals surface area (Å²) >= 11 is 0.616. The van der Waals surface area contributed by atoms with E-state index in [0.717, 1.165) is 11.3 Å². The highest BCUT2D eigenvalue weighted by atomic mass is 32.1. The van der Waals surface area contributed by atoms with Gasteiger partial charge in [0.15, 0.2) is 5.82 Å². The Balaban J connectivity index is 1.51. The Morgan fingerprint density at radius 1 is 1.14 bits per heavy atom. The van der Waals surface area contributed by atoms with Crippen molar-refractivity contribution in [2.45, 2.75) is 12.6 Å². The van der Waals surface area contributed by atoms with Crippen molar-refractivity contribution in [3.63, 3.8) is 0 Å². The first kappa shape index (κ1) is 17.9. The maximum atomic E-state index is 13.6. The van der Waals surface area contributed by atoms with Crippen LogP contribution in [0.3, 0.4) is 0 Å². The molecule has 29 heavy (non-hydrogen) atoms. The molecule has 1 aliphatic carbocycles. The monoisotopic (exact) mass is 413 g/mol. The van der Waals surface area contributed by atoms with Crippen molar-refractivity contribution < 1.29 is 17.7 Å². The van der Waals surface area contributed by atoms with Crippen molar-refractivity contribution in [1.82, 2.24) is 15.5 Å². The van der Waals surface area contributed by atoms with Crippen LogP contribution in [-0.4, -0.2) is 10.1 Å². The molecule has 146 valence electrons. The van der Waals surface area contributed by atoms with E-state index in [2.05, 4.69) is 21.5 Å². The van der Waals surface area contributed by atoms with Crippen molar-refractivity contribution in [1.29, 1.82) is 0 Å². The summed E-state index contributed by atoms with van der Waals surface area (Å²) in [5.41, 5.74) is 2.61. The van der Waals surface area contributed by atoms with E-state index >= 15 is 0 Å². The number of rotatable bonds is 3. The molecule has 8 heteroatoms. The van der Waals surface area contributed by atoms with Gasteiger partial charge in [0.25, 0.3) is 5.89 Å². The van der Waals surface area contributed by atoms with Gasteiger partial charge in [0.1, 0.15) is 4.88 Å². The Kier molecular flexibility index (Phi) is 4.16. The minimum Gasteiger partial charge on any atom is -0.365 e. The number of hydrogen-bond donors (Lipinski definition) is 1. The van der Waals surface area contributed by atoms with Crippen LogP contribution in [0.5, 0.6) is 0 Å². The predicted molar refractivity (Wildman–Crippen MR) is 104 cm³/mol. The van der Waals surface area contributed by atoms with Crippen molar-refractivity contribution >= 4 is 16.9 Å². The number of fused-ring (bicyclic) bond motifs is 1. The molecule has 0 amide bonds. The Morgan fingerprint density at radius 2 is 1.97 bits per heavy atom. The van der Waals surface area contributed by atoms with Gasteiger partial charge in [0, 0.05) is 22.8 Å². The average molecular weight is 413 g/mol. The summed E-state index contributed by atoms with van der Waals surface area (Å²) in [6.45, 7) is 0. The topological polar surface area (TPSA) is 51.0 Å². The van der Waals surface area contributed by atoms with E-state index in [1.165, 1.54) is 6.07 Å². The number of hydrogen-bond acceptors (Lipinski definition) is 5. The Morgan fingerprint density at radius 3 is 2.76 bits per heavy atom. The highest BCUT2D eigenvalue weighted by Gasteiger charge is 2.37. The standard InChI is InChI=1S/C21H14F3N3OS/c22-21(23,24)18-15(12-4-2-1-3-5-12)11-17(29-18)20-26-19(27-28-20)14-6-7-16-13(10-14)8-9-25-16/h1-9,11,13,25H,10H2. The highest BCUT2D eigenvalue weighted by Crippen LogP contribution is 2.45. The Bertz CT molecular complexity index is 1160. The van der Waals surface area contributed by atoms with E-state index in [-0.39, 0.29) is 17.4 Å². The van der Waals surface area contributed by atoms with Crippen LogP contribution in [-0.2, 0) is 6.18 Å². The van der Waals surface area contributed by atoms with E-state index in [0.29, 0.717) is 34.0 Å². The van der Waals surface area contributed by atoms with Crippen molar-refractivity contribution in [3.8, 4) is 21.9 Å². The third kappa shape index (κ3) is 3.29. The van der Waals surface area contributed by atoms with Crippen LogP contribution in [0.15, 0.2) is 71.0 Å². The van der Waals surface area contributed by atoms with Crippen LogP contribution in [0.2, 0.25) is 0 Å². The zero-order valence-electron chi connectivity index (χ0n) is 14.9. The quantitative estimate of drug-likeness (QED) is 0.582. The zero-order valence-corrected chi connectivity index (χ0v) is 15.7. The molecule has 1 unspecified atom stereocenters. The average Bonchev–Trinajstić information content (AvgIpc) is 3.45. The lowest BCUT2D eigenvalue weighted by Gasteiger charge is -2.15. The number of nitrogens with one attached hydrogen (secondary N) is 1. The van der Waals surface area contributed by atoms with Gasteiger partial charge in [-0.3, -0.25) is 0 Å². The fourth-order valence-electron chi connectivity index (χ4n) is 3.48. The molecule has 1 aliphatic heterocycles. The predicted octanol–water partition coefficient (Wildman–Crippen LogP) is 5.89. The molecule has 4 nitrogen and oxygen atoms in total. The third-order valence-electron chi connectivity index (χ3n) is 4.88. The summed E-state index contributed by atoms with van der Waals surface area (Å²) in [5.74, 6) is 0.729. The van der Waals surface area contributed by atoms with Gasteiger partial charge < -0.3 is 9.84 Å². The molecule has 0 saturated carbocycles. The number of aromatic nitrogens is 2. The minimum atomic E-state index is -4.47. The maximum absolute atomic E-state index is 13.6. The molecule has 0 fully saturated rings. The Labute approximate surface area is 168 Å². The van der Waals surface area contributed by atoms with E-state index in [4.69, 9.17) is 4.52 Å². The molecule has 1 N–H and O–H groups in total. The molecular formula is C21H14F3N3OS. The fourth-order valence-corrected chi connectivity index (χ4v) is 4.44.